The number of esters is 1. The summed E-state index contributed by atoms with van der Waals surface area (Å²) in [5.41, 5.74) is 3.43. The highest BCUT2D eigenvalue weighted by Crippen LogP contribution is 2.49. The quantitative estimate of drug-likeness (QED) is 0.326. The number of methoxy groups -OCH3 is 3. The molecule has 1 aliphatic carbocycles. The lowest BCUT2D eigenvalue weighted by atomic mass is 9.66. The van der Waals surface area contributed by atoms with Gasteiger partial charge in [-0.25, -0.2) is 4.79 Å². The number of benzene rings is 2. The van der Waals surface area contributed by atoms with Gasteiger partial charge in [0.25, 0.3) is 0 Å². The van der Waals surface area contributed by atoms with Gasteiger partial charge in [0.15, 0.2) is 23.0 Å². The molecule has 0 bridgehead atoms. The van der Waals surface area contributed by atoms with Crippen LogP contribution in [-0.2, 0) is 14.3 Å². The van der Waals surface area contributed by atoms with Crippen LogP contribution in [0.1, 0.15) is 56.6 Å². The number of Topliss-reactive ketones (excluding diaryl/α,β-unsaturated/α-hetero) is 1. The normalized spacial score (nSPS) is 20.6. The van der Waals surface area contributed by atoms with E-state index in [2.05, 4.69) is 15.9 Å². The molecule has 9 heteroatoms. The van der Waals surface area contributed by atoms with Gasteiger partial charge in [0.1, 0.15) is 5.78 Å². The Balaban J connectivity index is 1.82. The third kappa shape index (κ3) is 5.55. The molecule has 1 aliphatic heterocycles. The van der Waals surface area contributed by atoms with Crippen LogP contribution < -0.4 is 18.9 Å². The first-order valence-corrected chi connectivity index (χ1v) is 13.8. The Bertz CT molecular complexity index is 1330. The monoisotopic (exact) mass is 599 g/mol. The van der Waals surface area contributed by atoms with Crippen molar-refractivity contribution in [2.45, 2.75) is 45.4 Å². The van der Waals surface area contributed by atoms with Crippen molar-refractivity contribution in [3.63, 3.8) is 0 Å². The van der Waals surface area contributed by atoms with Crippen LogP contribution in [0.3, 0.4) is 0 Å². The Morgan fingerprint density at radius 3 is 2.28 bits per heavy atom. The van der Waals surface area contributed by atoms with Crippen LogP contribution in [0.2, 0.25) is 0 Å². The zero-order chi connectivity index (χ0) is 28.3. The second-order valence-electron chi connectivity index (χ2n) is 9.43. The molecule has 0 amide bonds. The highest BCUT2D eigenvalue weighted by atomic mass is 79.9. The fraction of sp³-hybridized carbons (Fsp3) is 0.433. The lowest BCUT2D eigenvalue weighted by molar-refractivity contribution is -0.139. The van der Waals surface area contributed by atoms with Crippen molar-refractivity contribution in [1.29, 1.82) is 0 Å². The molecule has 0 aromatic heterocycles. The second-order valence-corrected chi connectivity index (χ2v) is 10.3. The van der Waals surface area contributed by atoms with E-state index < -0.39 is 17.8 Å². The van der Waals surface area contributed by atoms with Gasteiger partial charge in [-0.05, 0) is 84.4 Å². The lowest BCUT2D eigenvalue weighted by Crippen LogP contribution is -2.41. The van der Waals surface area contributed by atoms with Gasteiger partial charge in [-0.15, -0.1) is 0 Å². The molecule has 2 aromatic rings. The molecule has 4 rings (SSSR count). The van der Waals surface area contributed by atoms with E-state index in [0.717, 1.165) is 16.8 Å². The fourth-order valence-electron chi connectivity index (χ4n) is 5.58. The highest BCUT2D eigenvalue weighted by molar-refractivity contribution is 9.10. The Hall–Kier alpha value is -3.33. The number of fused-ring (bicyclic) bond motifs is 1. The number of hydrogen-bond acceptors (Lipinski definition) is 8. The molecule has 3 atom stereocenters. The van der Waals surface area contributed by atoms with Gasteiger partial charge in [-0.1, -0.05) is 6.07 Å². The third-order valence-corrected chi connectivity index (χ3v) is 7.81. The van der Waals surface area contributed by atoms with Crippen molar-refractivity contribution in [2.75, 3.05) is 34.5 Å². The van der Waals surface area contributed by atoms with Gasteiger partial charge < -0.3 is 23.7 Å². The summed E-state index contributed by atoms with van der Waals surface area (Å²) in [6.07, 6.45) is 0.881. The third-order valence-electron chi connectivity index (χ3n) is 7.22. The Morgan fingerprint density at radius 2 is 1.64 bits per heavy atom. The maximum Gasteiger partial charge on any atom is 0.336 e. The SMILES string of the molecule is CCOC(=O)C1=C(C)N=C2C[C@@H](c3ccc(OC)c(OC)c3)CC(=O)C2[C@@H]1c1cc(Br)c(OC)c(OCC)c1. The summed E-state index contributed by atoms with van der Waals surface area (Å²) in [7, 11) is 4.75. The first-order valence-electron chi connectivity index (χ1n) is 13.0. The summed E-state index contributed by atoms with van der Waals surface area (Å²) >= 11 is 3.59. The molecule has 8 nitrogen and oxygen atoms in total. The standard InChI is InChI=1S/C30H34BrNO7/c1-7-38-25-15-19(11-20(31)29(25)37-6)27-26(30(34)39-8-2)16(3)32-21-12-18(13-22(33)28(21)27)17-9-10-23(35-4)24(14-17)36-5/h9-11,14-15,18,27-28H,7-8,12-13H2,1-6H3/t18-,27-,28?/m1/s1. The van der Waals surface area contributed by atoms with Crippen molar-refractivity contribution in [1.82, 2.24) is 0 Å². The number of carbonyl (C=O) groups excluding carboxylic acids is 2. The van der Waals surface area contributed by atoms with Gasteiger partial charge in [-0.3, -0.25) is 9.79 Å². The molecule has 2 aromatic carbocycles. The Morgan fingerprint density at radius 1 is 0.923 bits per heavy atom. The van der Waals surface area contributed by atoms with Crippen LogP contribution in [0.25, 0.3) is 0 Å². The topological polar surface area (TPSA) is 92.7 Å². The molecule has 0 radical (unpaired) electrons. The molecular formula is C30H34BrNO7. The molecule has 2 aliphatic rings. The van der Waals surface area contributed by atoms with E-state index in [1.54, 1.807) is 35.2 Å². The van der Waals surface area contributed by atoms with E-state index in [4.69, 9.17) is 28.7 Å². The first kappa shape index (κ1) is 28.7. The van der Waals surface area contributed by atoms with Crippen LogP contribution in [0.4, 0.5) is 0 Å². The van der Waals surface area contributed by atoms with E-state index in [9.17, 15) is 9.59 Å². The summed E-state index contributed by atoms with van der Waals surface area (Å²) in [6.45, 7) is 6.10. The smallest absolute Gasteiger partial charge is 0.336 e. The van der Waals surface area contributed by atoms with Gasteiger partial charge in [0, 0.05) is 23.7 Å². The van der Waals surface area contributed by atoms with E-state index in [1.165, 1.54) is 0 Å². The summed E-state index contributed by atoms with van der Waals surface area (Å²) in [5, 5.41) is 0. The summed E-state index contributed by atoms with van der Waals surface area (Å²) in [6, 6.07) is 9.46. The minimum Gasteiger partial charge on any atom is -0.493 e. The van der Waals surface area contributed by atoms with E-state index in [0.29, 0.717) is 58.2 Å². The van der Waals surface area contributed by atoms with Crippen LogP contribution in [-0.4, -0.2) is 52.0 Å². The molecule has 0 spiro atoms. The zero-order valence-corrected chi connectivity index (χ0v) is 24.7. The van der Waals surface area contributed by atoms with Gasteiger partial charge in [0.2, 0.25) is 0 Å². The predicted octanol–water partition coefficient (Wildman–Crippen LogP) is 6.01. The van der Waals surface area contributed by atoms with Crippen LogP contribution in [0.15, 0.2) is 51.1 Å². The van der Waals surface area contributed by atoms with Gasteiger partial charge in [0.05, 0.1) is 50.5 Å². The number of ketones is 1. The number of nitrogens with zero attached hydrogens (tertiary/aromatic N) is 1. The number of halogens is 1. The molecule has 0 N–H and O–H groups in total. The number of aliphatic imine (C=N–C) groups is 1. The maximum absolute atomic E-state index is 13.9. The maximum atomic E-state index is 13.9. The second kappa shape index (κ2) is 12.2. The summed E-state index contributed by atoms with van der Waals surface area (Å²) < 4.78 is 28.4. The Kier molecular flexibility index (Phi) is 9.00. The molecule has 0 saturated heterocycles. The number of allylic oxidation sites excluding steroid dienone is 1. The minimum atomic E-state index is -0.598. The summed E-state index contributed by atoms with van der Waals surface area (Å²) in [5.74, 6) is 0.617. The number of carbonyl (C=O) groups is 2. The van der Waals surface area contributed by atoms with Crippen molar-refractivity contribution < 1.29 is 33.3 Å². The van der Waals surface area contributed by atoms with Crippen molar-refractivity contribution in [2.24, 2.45) is 10.9 Å². The minimum absolute atomic E-state index is 0.0176. The number of hydrogen-bond donors (Lipinski definition) is 0. The molecular weight excluding hydrogens is 566 g/mol. The Labute approximate surface area is 237 Å². The van der Waals surface area contributed by atoms with E-state index >= 15 is 0 Å². The zero-order valence-electron chi connectivity index (χ0n) is 23.1. The van der Waals surface area contributed by atoms with Crippen LogP contribution >= 0.6 is 15.9 Å². The molecule has 1 fully saturated rings. The van der Waals surface area contributed by atoms with E-state index in [-0.39, 0.29) is 18.3 Å². The van der Waals surface area contributed by atoms with Crippen molar-refractivity contribution in [3.05, 3.63) is 57.2 Å². The molecule has 208 valence electrons. The van der Waals surface area contributed by atoms with Crippen molar-refractivity contribution in [3.8, 4) is 23.0 Å². The highest BCUT2D eigenvalue weighted by Gasteiger charge is 2.46. The molecule has 1 saturated carbocycles. The first-order chi connectivity index (χ1) is 18.8. The lowest BCUT2D eigenvalue weighted by Gasteiger charge is -2.38. The fourth-order valence-corrected chi connectivity index (χ4v) is 6.20. The summed E-state index contributed by atoms with van der Waals surface area (Å²) in [4.78, 5) is 32.0. The average molecular weight is 601 g/mol. The molecule has 39 heavy (non-hydrogen) atoms. The van der Waals surface area contributed by atoms with Crippen LogP contribution in [0.5, 0.6) is 23.0 Å². The van der Waals surface area contributed by atoms with Crippen molar-refractivity contribution >= 4 is 33.4 Å². The number of rotatable bonds is 9. The largest absolute Gasteiger partial charge is 0.493 e. The molecule has 1 unspecified atom stereocenters. The number of ether oxygens (including phenoxy) is 5. The van der Waals surface area contributed by atoms with Gasteiger partial charge in [-0.2, -0.15) is 0 Å². The van der Waals surface area contributed by atoms with Crippen LogP contribution in [0, 0.1) is 5.92 Å². The molecule has 1 heterocycles. The predicted molar refractivity (Wildman–Crippen MR) is 151 cm³/mol. The van der Waals surface area contributed by atoms with Gasteiger partial charge >= 0.3 is 5.97 Å². The average Bonchev–Trinajstić information content (AvgIpc) is 2.91. The van der Waals surface area contributed by atoms with E-state index in [1.807, 2.05) is 37.3 Å².